The summed E-state index contributed by atoms with van der Waals surface area (Å²) >= 11 is 5.93. The molecule has 1 atom stereocenters. The van der Waals surface area contributed by atoms with Gasteiger partial charge in [0.05, 0.1) is 17.9 Å². The first-order valence-corrected chi connectivity index (χ1v) is 10.5. The molecule has 162 valence electrons. The number of amides is 2. The molecule has 2 heterocycles. The molecule has 1 aliphatic heterocycles. The van der Waals surface area contributed by atoms with Gasteiger partial charge in [-0.15, -0.1) is 0 Å². The molecule has 8 nitrogen and oxygen atoms in total. The number of carbonyl (C=O) groups is 2. The Labute approximate surface area is 181 Å². The number of carbonyl (C=O) groups excluding carboxylic acids is 2. The van der Waals surface area contributed by atoms with Crippen LogP contribution in [0.5, 0.6) is 5.75 Å². The molecule has 0 saturated carbocycles. The molecule has 2 aromatic rings. The van der Waals surface area contributed by atoms with Crippen molar-refractivity contribution in [2.24, 2.45) is 5.92 Å². The van der Waals surface area contributed by atoms with Crippen molar-refractivity contribution in [1.82, 2.24) is 14.7 Å². The first-order valence-electron chi connectivity index (χ1n) is 10.1. The predicted molar refractivity (Wildman–Crippen MR) is 117 cm³/mol. The molecule has 0 radical (unpaired) electrons. The van der Waals surface area contributed by atoms with Gasteiger partial charge in [-0.05, 0) is 64.9 Å². The normalized spacial score (nSPS) is 16.4. The molecule has 0 aliphatic carbocycles. The van der Waals surface area contributed by atoms with Crippen LogP contribution in [0.4, 0.5) is 11.5 Å². The summed E-state index contributed by atoms with van der Waals surface area (Å²) < 4.78 is 1.77. The van der Waals surface area contributed by atoms with Gasteiger partial charge in [0, 0.05) is 23.0 Å². The summed E-state index contributed by atoms with van der Waals surface area (Å²) in [6.45, 7) is 7.15. The van der Waals surface area contributed by atoms with Crippen LogP contribution in [-0.4, -0.2) is 50.7 Å². The Kier molecular flexibility index (Phi) is 6.99. The number of halogens is 1. The summed E-state index contributed by atoms with van der Waals surface area (Å²) in [6, 6.07) is 6.16. The fourth-order valence-electron chi connectivity index (χ4n) is 3.61. The van der Waals surface area contributed by atoms with E-state index in [1.165, 1.54) is 12.1 Å². The fraction of sp³-hybridized carbons (Fsp3) is 0.476. The highest BCUT2D eigenvalue weighted by atomic mass is 35.5. The van der Waals surface area contributed by atoms with Gasteiger partial charge in [-0.1, -0.05) is 11.6 Å². The highest BCUT2D eigenvalue weighted by Gasteiger charge is 2.30. The molecule has 0 bridgehead atoms. The van der Waals surface area contributed by atoms with Crippen LogP contribution in [-0.2, 0) is 9.59 Å². The standard InChI is InChI=1S/C21H28ClN5O3/c1-13(2)27-19(6-9-23-27)25-20(29)14(3)26-10-7-15(8-11-26)21(30)24-17-12-16(22)4-5-18(17)28/h4-6,9,12-15,28H,7-8,10-11H2,1-3H3,(H,24,30)(H,25,29)/t14-/m0/s1. The number of piperidine rings is 1. The van der Waals surface area contributed by atoms with Gasteiger partial charge in [-0.3, -0.25) is 14.5 Å². The third kappa shape index (κ3) is 5.12. The second-order valence-corrected chi connectivity index (χ2v) is 8.32. The van der Waals surface area contributed by atoms with E-state index in [1.54, 1.807) is 23.0 Å². The van der Waals surface area contributed by atoms with E-state index in [9.17, 15) is 14.7 Å². The molecule has 0 spiro atoms. The SMILES string of the molecule is CC(C)n1nccc1NC(=O)[C@H](C)N1CCC(C(=O)Nc2cc(Cl)ccc2O)CC1. The molecule has 1 fully saturated rings. The summed E-state index contributed by atoms with van der Waals surface area (Å²) in [4.78, 5) is 27.4. The number of hydrogen-bond acceptors (Lipinski definition) is 5. The largest absolute Gasteiger partial charge is 0.506 e. The number of phenolic OH excluding ortho intramolecular Hbond substituents is 1. The molecular weight excluding hydrogens is 406 g/mol. The number of phenols is 1. The van der Waals surface area contributed by atoms with Crippen molar-refractivity contribution in [1.29, 1.82) is 0 Å². The Balaban J connectivity index is 1.53. The average molecular weight is 434 g/mol. The summed E-state index contributed by atoms with van der Waals surface area (Å²) in [5.74, 6) is 0.236. The van der Waals surface area contributed by atoms with Gasteiger partial charge in [0.1, 0.15) is 11.6 Å². The van der Waals surface area contributed by atoms with Crippen molar-refractivity contribution in [3.8, 4) is 5.75 Å². The van der Waals surface area contributed by atoms with E-state index in [1.807, 2.05) is 20.8 Å². The van der Waals surface area contributed by atoms with Gasteiger partial charge < -0.3 is 15.7 Å². The first-order chi connectivity index (χ1) is 14.3. The quantitative estimate of drug-likeness (QED) is 0.605. The topological polar surface area (TPSA) is 99.5 Å². The van der Waals surface area contributed by atoms with E-state index < -0.39 is 0 Å². The molecule has 1 aliphatic rings. The minimum atomic E-state index is -0.318. The van der Waals surface area contributed by atoms with Crippen molar-refractivity contribution in [2.75, 3.05) is 23.7 Å². The number of rotatable bonds is 6. The Morgan fingerprint density at radius 1 is 1.17 bits per heavy atom. The molecule has 9 heteroatoms. The minimum absolute atomic E-state index is 0.0175. The Morgan fingerprint density at radius 2 is 1.87 bits per heavy atom. The van der Waals surface area contributed by atoms with Crippen LogP contribution in [0.2, 0.25) is 5.02 Å². The zero-order valence-electron chi connectivity index (χ0n) is 17.4. The number of nitrogens with zero attached hydrogens (tertiary/aromatic N) is 3. The zero-order chi connectivity index (χ0) is 21.8. The first kappa shape index (κ1) is 22.1. The molecule has 0 unspecified atom stereocenters. The van der Waals surface area contributed by atoms with Crippen molar-refractivity contribution in [3.05, 3.63) is 35.5 Å². The van der Waals surface area contributed by atoms with Gasteiger partial charge in [0.25, 0.3) is 0 Å². The number of hydrogen-bond donors (Lipinski definition) is 3. The molecule has 2 amide bonds. The second kappa shape index (κ2) is 9.49. The predicted octanol–water partition coefficient (Wildman–Crippen LogP) is 3.50. The van der Waals surface area contributed by atoms with E-state index in [2.05, 4.69) is 20.6 Å². The lowest BCUT2D eigenvalue weighted by Gasteiger charge is -2.34. The maximum atomic E-state index is 12.7. The second-order valence-electron chi connectivity index (χ2n) is 7.88. The van der Waals surface area contributed by atoms with Gasteiger partial charge in [-0.25, -0.2) is 4.68 Å². The Bertz CT molecular complexity index is 906. The third-order valence-corrected chi connectivity index (χ3v) is 5.69. The number of anilines is 2. The molecule has 1 saturated heterocycles. The van der Waals surface area contributed by atoms with Crippen molar-refractivity contribution in [2.45, 2.75) is 45.7 Å². The highest BCUT2D eigenvalue weighted by Crippen LogP contribution is 2.28. The lowest BCUT2D eigenvalue weighted by molar-refractivity contribution is -0.123. The van der Waals surface area contributed by atoms with Crippen LogP contribution in [0.15, 0.2) is 30.5 Å². The highest BCUT2D eigenvalue weighted by molar-refractivity contribution is 6.31. The minimum Gasteiger partial charge on any atom is -0.506 e. The fourth-order valence-corrected chi connectivity index (χ4v) is 3.79. The third-order valence-electron chi connectivity index (χ3n) is 5.45. The lowest BCUT2D eigenvalue weighted by Crippen LogP contribution is -2.47. The zero-order valence-corrected chi connectivity index (χ0v) is 18.2. The van der Waals surface area contributed by atoms with E-state index in [0.717, 1.165) is 0 Å². The molecular formula is C21H28ClN5O3. The number of aromatic nitrogens is 2. The van der Waals surface area contributed by atoms with Gasteiger partial charge in [0.15, 0.2) is 0 Å². The lowest BCUT2D eigenvalue weighted by atomic mass is 9.94. The van der Waals surface area contributed by atoms with Gasteiger partial charge >= 0.3 is 0 Å². The molecule has 3 N–H and O–H groups in total. The number of aromatic hydroxyl groups is 1. The smallest absolute Gasteiger partial charge is 0.242 e. The van der Waals surface area contributed by atoms with Gasteiger partial charge in [0.2, 0.25) is 11.8 Å². The summed E-state index contributed by atoms with van der Waals surface area (Å²) in [7, 11) is 0. The maximum Gasteiger partial charge on any atom is 0.242 e. The van der Waals surface area contributed by atoms with Crippen molar-refractivity contribution < 1.29 is 14.7 Å². The Hall–Kier alpha value is -2.58. The van der Waals surface area contributed by atoms with Crippen LogP contribution in [0.25, 0.3) is 0 Å². The summed E-state index contributed by atoms with van der Waals surface area (Å²) in [5.41, 5.74) is 0.310. The maximum absolute atomic E-state index is 12.7. The van der Waals surface area contributed by atoms with E-state index >= 15 is 0 Å². The molecule has 30 heavy (non-hydrogen) atoms. The van der Waals surface area contributed by atoms with Crippen LogP contribution < -0.4 is 10.6 Å². The van der Waals surface area contributed by atoms with Crippen LogP contribution in [0, 0.1) is 5.92 Å². The summed E-state index contributed by atoms with van der Waals surface area (Å²) in [5, 5.41) is 20.3. The monoisotopic (exact) mass is 433 g/mol. The number of benzene rings is 1. The average Bonchev–Trinajstić information content (AvgIpc) is 3.18. The van der Waals surface area contributed by atoms with Gasteiger partial charge in [-0.2, -0.15) is 5.10 Å². The Morgan fingerprint density at radius 3 is 2.53 bits per heavy atom. The van der Waals surface area contributed by atoms with E-state index in [0.29, 0.717) is 42.5 Å². The van der Waals surface area contributed by atoms with E-state index in [-0.39, 0.29) is 35.6 Å². The number of nitrogens with one attached hydrogen (secondary N) is 2. The number of likely N-dealkylation sites (tertiary alicyclic amines) is 1. The summed E-state index contributed by atoms with van der Waals surface area (Å²) in [6.07, 6.45) is 2.94. The molecule has 1 aromatic heterocycles. The van der Waals surface area contributed by atoms with E-state index in [4.69, 9.17) is 11.6 Å². The van der Waals surface area contributed by atoms with Crippen LogP contribution >= 0.6 is 11.6 Å². The van der Waals surface area contributed by atoms with Crippen molar-refractivity contribution >= 4 is 34.9 Å². The van der Waals surface area contributed by atoms with Crippen LogP contribution in [0.1, 0.15) is 39.7 Å². The molecule has 3 rings (SSSR count). The van der Waals surface area contributed by atoms with Crippen LogP contribution in [0.3, 0.4) is 0 Å². The molecule has 1 aromatic carbocycles. The van der Waals surface area contributed by atoms with Crippen molar-refractivity contribution in [3.63, 3.8) is 0 Å².